The van der Waals surface area contributed by atoms with Gasteiger partial charge in [-0.3, -0.25) is 4.79 Å². The van der Waals surface area contributed by atoms with Crippen LogP contribution in [-0.4, -0.2) is 27.3 Å². The molecule has 2 aromatic carbocycles. The summed E-state index contributed by atoms with van der Waals surface area (Å²) in [5, 5.41) is 8.58. The number of fused-ring (bicyclic) bond motifs is 1. The van der Waals surface area contributed by atoms with Crippen molar-refractivity contribution in [2.75, 3.05) is 11.9 Å². The summed E-state index contributed by atoms with van der Waals surface area (Å²) in [5.41, 5.74) is 6.29. The molecule has 0 aliphatic heterocycles. The van der Waals surface area contributed by atoms with Crippen LogP contribution in [0.3, 0.4) is 0 Å². The Morgan fingerprint density at radius 3 is 2.42 bits per heavy atom. The fourth-order valence-electron chi connectivity index (χ4n) is 3.66. The third-order valence-electron chi connectivity index (χ3n) is 5.15. The van der Waals surface area contributed by atoms with E-state index in [1.165, 1.54) is 5.56 Å². The van der Waals surface area contributed by atoms with Gasteiger partial charge in [-0.05, 0) is 70.0 Å². The van der Waals surface area contributed by atoms with Gasteiger partial charge in [-0.15, -0.1) is 0 Å². The van der Waals surface area contributed by atoms with Gasteiger partial charge in [-0.2, -0.15) is 9.78 Å². The molecule has 2 aromatic heterocycles. The lowest BCUT2D eigenvalue weighted by molar-refractivity contribution is -0.118. The number of hydrogen-bond donors (Lipinski definition) is 1. The summed E-state index contributed by atoms with van der Waals surface area (Å²) in [6, 6.07) is 15.7. The molecule has 6 heteroatoms. The third-order valence-corrected chi connectivity index (χ3v) is 5.15. The average molecular weight is 415 g/mol. The molecule has 0 aliphatic carbocycles. The first kappa shape index (κ1) is 20.6. The number of rotatable bonds is 5. The molecule has 0 radical (unpaired) electrons. The van der Waals surface area contributed by atoms with Crippen LogP contribution in [0.1, 0.15) is 27.9 Å². The van der Waals surface area contributed by atoms with E-state index in [4.69, 9.17) is 9.72 Å². The second-order valence-corrected chi connectivity index (χ2v) is 8.01. The number of aryl methyl sites for hydroxylation is 5. The number of benzene rings is 2. The molecule has 158 valence electrons. The van der Waals surface area contributed by atoms with Crippen LogP contribution in [0.5, 0.6) is 5.75 Å². The largest absolute Gasteiger partial charge is 0.484 e. The molecule has 0 fully saturated rings. The lowest BCUT2D eigenvalue weighted by Crippen LogP contribution is -2.22. The van der Waals surface area contributed by atoms with Crippen molar-refractivity contribution in [3.05, 3.63) is 76.5 Å². The zero-order chi connectivity index (χ0) is 22.1. The molecule has 0 spiro atoms. The maximum Gasteiger partial charge on any atom is 0.263 e. The molecule has 4 aromatic rings. The van der Waals surface area contributed by atoms with E-state index in [2.05, 4.69) is 43.3 Å². The monoisotopic (exact) mass is 414 g/mol. The van der Waals surface area contributed by atoms with E-state index in [0.717, 1.165) is 33.3 Å². The van der Waals surface area contributed by atoms with Crippen molar-refractivity contribution in [1.82, 2.24) is 14.8 Å². The van der Waals surface area contributed by atoms with E-state index in [9.17, 15) is 4.79 Å². The smallest absolute Gasteiger partial charge is 0.263 e. The number of hydrogen-bond acceptors (Lipinski definition) is 4. The van der Waals surface area contributed by atoms with E-state index in [0.29, 0.717) is 17.4 Å². The molecule has 1 N–H and O–H groups in total. The van der Waals surface area contributed by atoms with Crippen molar-refractivity contribution in [2.24, 2.45) is 0 Å². The van der Waals surface area contributed by atoms with E-state index in [-0.39, 0.29) is 12.5 Å². The molecule has 2 heterocycles. The number of ether oxygens (including phenoxy) is 1. The predicted molar refractivity (Wildman–Crippen MR) is 123 cm³/mol. The maximum atomic E-state index is 12.5. The fourth-order valence-corrected chi connectivity index (χ4v) is 3.66. The zero-order valence-electron chi connectivity index (χ0n) is 18.5. The van der Waals surface area contributed by atoms with Crippen molar-refractivity contribution in [3.63, 3.8) is 0 Å². The molecule has 0 saturated carbocycles. The Bertz CT molecular complexity index is 1270. The van der Waals surface area contributed by atoms with Crippen LogP contribution < -0.4 is 10.1 Å². The van der Waals surface area contributed by atoms with Crippen LogP contribution in [0.15, 0.2) is 48.5 Å². The van der Waals surface area contributed by atoms with Gasteiger partial charge in [-0.25, -0.2) is 4.98 Å². The van der Waals surface area contributed by atoms with Crippen LogP contribution in [0.2, 0.25) is 0 Å². The van der Waals surface area contributed by atoms with Gasteiger partial charge in [0.2, 0.25) is 0 Å². The summed E-state index contributed by atoms with van der Waals surface area (Å²) >= 11 is 0. The predicted octanol–water partition coefficient (Wildman–Crippen LogP) is 4.98. The molecular weight excluding hydrogens is 388 g/mol. The lowest BCUT2D eigenvalue weighted by atomic mass is 10.0. The molecule has 0 atom stereocenters. The summed E-state index contributed by atoms with van der Waals surface area (Å²) in [7, 11) is 0. The number of carbonyl (C=O) groups excluding carboxylic acids is 1. The molecular formula is C25H26N4O2. The standard InChI is InChI=1S/C25H26N4O2/c1-15-6-8-20(9-7-15)31-14-24(30)26-23-13-19(5)28-29(23)22-12-17(3)21-11-16(2)10-18(4)25(21)27-22/h6-13H,14H2,1-5H3,(H,26,30). The zero-order valence-corrected chi connectivity index (χ0v) is 18.5. The first-order valence-electron chi connectivity index (χ1n) is 10.2. The number of pyridine rings is 1. The highest BCUT2D eigenvalue weighted by atomic mass is 16.5. The van der Waals surface area contributed by atoms with Gasteiger partial charge >= 0.3 is 0 Å². The number of amides is 1. The van der Waals surface area contributed by atoms with Gasteiger partial charge in [0.25, 0.3) is 5.91 Å². The first-order valence-corrected chi connectivity index (χ1v) is 10.2. The second kappa shape index (κ2) is 8.22. The summed E-state index contributed by atoms with van der Waals surface area (Å²) in [4.78, 5) is 17.4. The highest BCUT2D eigenvalue weighted by molar-refractivity contribution is 5.91. The Labute approximate surface area is 181 Å². The Morgan fingerprint density at radius 2 is 1.68 bits per heavy atom. The van der Waals surface area contributed by atoms with E-state index < -0.39 is 0 Å². The Balaban J connectivity index is 1.60. The average Bonchev–Trinajstić information content (AvgIpc) is 3.08. The highest BCUT2D eigenvalue weighted by Gasteiger charge is 2.15. The molecule has 4 rings (SSSR count). The van der Waals surface area contributed by atoms with Gasteiger partial charge in [0.1, 0.15) is 11.6 Å². The number of aromatic nitrogens is 3. The number of nitrogens with zero attached hydrogens (tertiary/aromatic N) is 3. The molecule has 1 amide bonds. The topological polar surface area (TPSA) is 69.0 Å². The molecule has 6 nitrogen and oxygen atoms in total. The SMILES string of the molecule is Cc1ccc(OCC(=O)Nc2cc(C)nn2-c2cc(C)c3cc(C)cc(C)c3n2)cc1. The van der Waals surface area contributed by atoms with Gasteiger partial charge < -0.3 is 10.1 Å². The summed E-state index contributed by atoms with van der Waals surface area (Å²) in [6.45, 7) is 10.0. The number of anilines is 1. The van der Waals surface area contributed by atoms with Crippen LogP contribution in [0.25, 0.3) is 16.7 Å². The highest BCUT2D eigenvalue weighted by Crippen LogP contribution is 2.26. The first-order chi connectivity index (χ1) is 14.8. The van der Waals surface area contributed by atoms with Gasteiger partial charge in [0, 0.05) is 11.5 Å². The van der Waals surface area contributed by atoms with Crippen molar-refractivity contribution in [1.29, 1.82) is 0 Å². The van der Waals surface area contributed by atoms with E-state index >= 15 is 0 Å². The van der Waals surface area contributed by atoms with Gasteiger partial charge in [-0.1, -0.05) is 29.3 Å². The Kier molecular flexibility index (Phi) is 5.46. The van der Waals surface area contributed by atoms with Crippen LogP contribution in [-0.2, 0) is 4.79 Å². The Morgan fingerprint density at radius 1 is 0.935 bits per heavy atom. The van der Waals surface area contributed by atoms with E-state index in [1.807, 2.05) is 50.2 Å². The quantitative estimate of drug-likeness (QED) is 0.500. The Hall–Kier alpha value is -3.67. The normalized spacial score (nSPS) is 11.0. The number of carbonyl (C=O) groups is 1. The minimum atomic E-state index is -0.258. The van der Waals surface area contributed by atoms with Crippen LogP contribution >= 0.6 is 0 Å². The second-order valence-electron chi connectivity index (χ2n) is 8.01. The van der Waals surface area contributed by atoms with Crippen LogP contribution in [0, 0.1) is 34.6 Å². The van der Waals surface area contributed by atoms with Crippen molar-refractivity contribution in [3.8, 4) is 11.6 Å². The lowest BCUT2D eigenvalue weighted by Gasteiger charge is -2.13. The summed E-state index contributed by atoms with van der Waals surface area (Å²) in [5.74, 6) is 1.62. The van der Waals surface area contributed by atoms with Crippen molar-refractivity contribution < 1.29 is 9.53 Å². The minimum absolute atomic E-state index is 0.0875. The third kappa shape index (κ3) is 4.43. The molecule has 0 unspecified atom stereocenters. The van der Waals surface area contributed by atoms with Gasteiger partial charge in [0.15, 0.2) is 12.4 Å². The minimum Gasteiger partial charge on any atom is -0.484 e. The molecule has 31 heavy (non-hydrogen) atoms. The molecule has 0 saturated heterocycles. The molecule has 0 aliphatic rings. The van der Waals surface area contributed by atoms with Crippen LogP contribution in [0.4, 0.5) is 5.82 Å². The number of nitrogens with one attached hydrogen (secondary N) is 1. The maximum absolute atomic E-state index is 12.5. The fraction of sp³-hybridized carbons (Fsp3) is 0.240. The molecule has 0 bridgehead atoms. The van der Waals surface area contributed by atoms with Crippen molar-refractivity contribution in [2.45, 2.75) is 34.6 Å². The summed E-state index contributed by atoms with van der Waals surface area (Å²) in [6.07, 6.45) is 0. The summed E-state index contributed by atoms with van der Waals surface area (Å²) < 4.78 is 7.27. The van der Waals surface area contributed by atoms with Crippen molar-refractivity contribution >= 4 is 22.6 Å². The van der Waals surface area contributed by atoms with E-state index in [1.54, 1.807) is 4.68 Å². The van der Waals surface area contributed by atoms with Gasteiger partial charge in [0.05, 0.1) is 11.2 Å².